The Morgan fingerprint density at radius 1 is 1.41 bits per heavy atom. The number of aromatic nitrogens is 3. The lowest BCUT2D eigenvalue weighted by molar-refractivity contribution is 0.0985. The summed E-state index contributed by atoms with van der Waals surface area (Å²) in [6, 6.07) is 1.59. The van der Waals surface area contributed by atoms with Gasteiger partial charge >= 0.3 is 6.03 Å². The van der Waals surface area contributed by atoms with Crippen molar-refractivity contribution >= 4 is 38.9 Å². The average Bonchev–Trinajstić information content (AvgIpc) is 3.15. The van der Waals surface area contributed by atoms with Crippen molar-refractivity contribution < 1.29 is 18.6 Å². The van der Waals surface area contributed by atoms with Crippen molar-refractivity contribution in [1.29, 1.82) is 0 Å². The summed E-state index contributed by atoms with van der Waals surface area (Å²) in [4.78, 5) is 30.4. The lowest BCUT2D eigenvalue weighted by atomic mass is 10.2. The van der Waals surface area contributed by atoms with Gasteiger partial charge in [0.2, 0.25) is 0 Å². The number of rotatable bonds is 8. The van der Waals surface area contributed by atoms with Crippen LogP contribution in [0.4, 0.5) is 15.7 Å². The third-order valence-corrected chi connectivity index (χ3v) is 6.39. The summed E-state index contributed by atoms with van der Waals surface area (Å²) in [6.07, 6.45) is 3.01. The van der Waals surface area contributed by atoms with Gasteiger partial charge < -0.3 is 19.9 Å². The molecule has 11 nitrogen and oxygen atoms in total. The number of ether oxygens (including phenoxy) is 1. The second-order valence-corrected chi connectivity index (χ2v) is 11.3. The zero-order valence-electron chi connectivity index (χ0n) is 18.7. The highest BCUT2D eigenvalue weighted by molar-refractivity contribution is 8.23. The summed E-state index contributed by atoms with van der Waals surface area (Å²) in [5.74, 6) is 1.17. The third kappa shape index (κ3) is 7.25. The predicted molar refractivity (Wildman–Crippen MR) is 129 cm³/mol. The van der Waals surface area contributed by atoms with Crippen LogP contribution in [0.1, 0.15) is 12.6 Å². The minimum atomic E-state index is -2.78. The molecule has 0 aromatic carbocycles. The highest BCUT2D eigenvalue weighted by Gasteiger charge is 2.23. The van der Waals surface area contributed by atoms with E-state index in [0.29, 0.717) is 53.6 Å². The summed E-state index contributed by atoms with van der Waals surface area (Å²) in [5, 5.41) is 5.93. The van der Waals surface area contributed by atoms with Crippen molar-refractivity contribution in [3.05, 3.63) is 18.0 Å². The van der Waals surface area contributed by atoms with Crippen molar-refractivity contribution in [2.45, 2.75) is 18.7 Å². The minimum Gasteiger partial charge on any atom is -0.377 e. The number of amides is 2. The average molecular weight is 486 g/mol. The number of thiazole rings is 1. The molecule has 0 bridgehead atoms. The molecule has 1 saturated heterocycles. The molecule has 13 heteroatoms. The molecule has 1 aliphatic heterocycles. The van der Waals surface area contributed by atoms with Crippen LogP contribution >= 0.6 is 21.9 Å². The summed E-state index contributed by atoms with van der Waals surface area (Å²) < 4.78 is 25.5. The first-order valence-corrected chi connectivity index (χ1v) is 13.1. The Labute approximate surface area is 193 Å². The molecule has 0 radical (unpaired) electrons. The van der Waals surface area contributed by atoms with Crippen molar-refractivity contribution in [2.75, 3.05) is 63.4 Å². The van der Waals surface area contributed by atoms with E-state index in [1.807, 2.05) is 19.0 Å². The normalized spacial score (nSPS) is 17.5. The van der Waals surface area contributed by atoms with E-state index in [-0.39, 0.29) is 17.8 Å². The summed E-state index contributed by atoms with van der Waals surface area (Å²) in [5.41, 5.74) is 0.538. The van der Waals surface area contributed by atoms with Crippen molar-refractivity contribution in [1.82, 2.24) is 25.2 Å². The van der Waals surface area contributed by atoms with Gasteiger partial charge in [-0.1, -0.05) is 11.3 Å². The summed E-state index contributed by atoms with van der Waals surface area (Å²) >= 11 is 1.26. The van der Waals surface area contributed by atoms with E-state index >= 15 is 0 Å². The quantitative estimate of drug-likeness (QED) is 0.444. The Balaban J connectivity index is 1.81. The molecule has 0 unspecified atom stereocenters. The molecular formula is C19H31N7O4S2. The Hall–Kier alpha value is -2.03. The number of nitrogens with zero attached hydrogens (tertiary/aromatic N) is 5. The number of nitrogens with one attached hydrogen (secondary N) is 2. The number of carbonyl (C=O) groups is 1. The molecule has 1 atom stereocenters. The highest BCUT2D eigenvalue weighted by Crippen LogP contribution is 2.38. The van der Waals surface area contributed by atoms with Crippen LogP contribution < -0.4 is 15.5 Å². The van der Waals surface area contributed by atoms with Crippen LogP contribution in [0.25, 0.3) is 10.7 Å². The molecule has 0 aliphatic carbocycles. The lowest BCUT2D eigenvalue weighted by Crippen LogP contribution is -2.44. The Morgan fingerprint density at radius 2 is 2.19 bits per heavy atom. The fourth-order valence-corrected chi connectivity index (χ4v) is 4.59. The molecule has 0 spiro atoms. The number of morpholine rings is 1. The maximum Gasteiger partial charge on any atom is 0.321 e. The van der Waals surface area contributed by atoms with Gasteiger partial charge in [-0.25, -0.2) is 19.7 Å². The van der Waals surface area contributed by atoms with Gasteiger partial charge in [0, 0.05) is 32.0 Å². The Morgan fingerprint density at radius 3 is 2.88 bits per heavy atom. The van der Waals surface area contributed by atoms with E-state index in [4.69, 9.17) is 9.72 Å². The molecule has 4 N–H and O–H groups in total. The number of hydrogen-bond donors (Lipinski definition) is 4. The minimum absolute atomic E-state index is 0.0342. The summed E-state index contributed by atoms with van der Waals surface area (Å²) in [6.45, 7) is 5.18. The molecule has 3 heterocycles. The van der Waals surface area contributed by atoms with E-state index < -0.39 is 10.6 Å². The van der Waals surface area contributed by atoms with Crippen LogP contribution in [-0.4, -0.2) is 94.2 Å². The number of hydrogen-bond acceptors (Lipinski definition) is 10. The van der Waals surface area contributed by atoms with Gasteiger partial charge in [-0.15, -0.1) is 0 Å². The molecule has 2 aromatic rings. The smallest absolute Gasteiger partial charge is 0.321 e. The van der Waals surface area contributed by atoms with Crippen LogP contribution in [-0.2, 0) is 10.5 Å². The molecule has 32 heavy (non-hydrogen) atoms. The van der Waals surface area contributed by atoms with E-state index in [9.17, 15) is 13.9 Å². The number of likely N-dealkylation sites (N-methyl/N-ethyl adjacent to an activating group) is 1. The first kappa shape index (κ1) is 24.6. The predicted octanol–water partition coefficient (Wildman–Crippen LogP) is 2.39. The molecule has 2 amide bonds. The zero-order chi connectivity index (χ0) is 23.3. The topological polar surface area (TPSA) is 136 Å². The van der Waals surface area contributed by atoms with E-state index in [0.717, 1.165) is 6.54 Å². The maximum absolute atomic E-state index is 12.1. The molecule has 1 fully saturated rings. The van der Waals surface area contributed by atoms with Gasteiger partial charge in [-0.3, -0.25) is 14.4 Å². The van der Waals surface area contributed by atoms with E-state index in [1.165, 1.54) is 17.6 Å². The summed E-state index contributed by atoms with van der Waals surface area (Å²) in [7, 11) is 1.09. The van der Waals surface area contributed by atoms with Crippen LogP contribution in [0.15, 0.2) is 12.3 Å². The van der Waals surface area contributed by atoms with Gasteiger partial charge in [0.1, 0.15) is 5.82 Å². The number of anilines is 2. The fraction of sp³-hybridized carbons (Fsp3) is 0.579. The fourth-order valence-electron chi connectivity index (χ4n) is 3.13. The van der Waals surface area contributed by atoms with E-state index in [2.05, 4.69) is 32.4 Å². The van der Waals surface area contributed by atoms with Gasteiger partial charge in [0.25, 0.3) is 0 Å². The Kier molecular flexibility index (Phi) is 8.25. The molecule has 1 aliphatic rings. The molecule has 178 valence electrons. The first-order chi connectivity index (χ1) is 15.1. The highest BCUT2D eigenvalue weighted by atomic mass is 32.3. The second kappa shape index (κ2) is 10.7. The Bertz CT molecular complexity index is 919. The maximum atomic E-state index is 12.1. The second-order valence-electron chi connectivity index (χ2n) is 8.01. The SMILES string of the molecule is C[C@H]1COCCN1c1cc(CS(C)(O)O)nc(-c2cnc(NC(=O)NCCN(C)C)s2)n1. The number of urea groups is 1. The van der Waals surface area contributed by atoms with E-state index in [1.54, 1.807) is 12.3 Å². The zero-order valence-corrected chi connectivity index (χ0v) is 20.4. The van der Waals surface area contributed by atoms with Gasteiger partial charge in [-0.2, -0.15) is 10.6 Å². The van der Waals surface area contributed by atoms with Crippen molar-refractivity contribution in [3.63, 3.8) is 0 Å². The van der Waals surface area contributed by atoms with Crippen molar-refractivity contribution in [2.24, 2.45) is 0 Å². The van der Waals surface area contributed by atoms with Crippen LogP contribution in [0.3, 0.4) is 0 Å². The van der Waals surface area contributed by atoms with Crippen LogP contribution in [0.2, 0.25) is 0 Å². The van der Waals surface area contributed by atoms with Gasteiger partial charge in [0.15, 0.2) is 11.0 Å². The van der Waals surface area contributed by atoms with Crippen molar-refractivity contribution in [3.8, 4) is 10.7 Å². The number of carbonyl (C=O) groups excluding carboxylic acids is 1. The van der Waals surface area contributed by atoms with Crippen LogP contribution in [0, 0.1) is 0 Å². The molecule has 0 saturated carbocycles. The monoisotopic (exact) mass is 485 g/mol. The molecular weight excluding hydrogens is 454 g/mol. The van der Waals surface area contributed by atoms with Gasteiger partial charge in [0.05, 0.1) is 41.8 Å². The first-order valence-electron chi connectivity index (χ1n) is 10.2. The standard InChI is InChI=1S/C19H31N7O4S2/c1-13-11-30-8-7-26(13)16-9-14(12-32(4,28)29)22-17(23-16)15-10-21-19(31-15)24-18(27)20-5-6-25(2)3/h9-10,13,28-29H,5-8,11-12H2,1-4H3,(H2,20,21,24,27)/t13-/m0/s1. The molecule has 2 aromatic heterocycles. The largest absolute Gasteiger partial charge is 0.377 e. The molecule has 3 rings (SSSR count). The van der Waals surface area contributed by atoms with Gasteiger partial charge in [-0.05, 0) is 21.0 Å². The van der Waals surface area contributed by atoms with Crippen LogP contribution in [0.5, 0.6) is 0 Å². The lowest BCUT2D eigenvalue weighted by Gasteiger charge is -2.35. The third-order valence-electron chi connectivity index (χ3n) is 4.64.